The summed E-state index contributed by atoms with van der Waals surface area (Å²) in [6, 6.07) is 6.02. The van der Waals surface area contributed by atoms with Gasteiger partial charge in [-0.25, -0.2) is 9.78 Å². The van der Waals surface area contributed by atoms with Gasteiger partial charge in [-0.05, 0) is 71.7 Å². The van der Waals surface area contributed by atoms with Crippen molar-refractivity contribution in [3.05, 3.63) is 46.6 Å². The number of aryl methyl sites for hydroxylation is 3. The number of rotatable bonds is 5. The number of fused-ring (bicyclic) bond motifs is 1. The molecule has 3 heterocycles. The lowest BCUT2D eigenvalue weighted by molar-refractivity contribution is -0.131. The van der Waals surface area contributed by atoms with Crippen molar-refractivity contribution in [3.8, 4) is 5.82 Å². The molecule has 0 bridgehead atoms. The first-order valence-corrected chi connectivity index (χ1v) is 12.2. The van der Waals surface area contributed by atoms with Gasteiger partial charge >= 0.3 is 5.97 Å². The third-order valence-corrected chi connectivity index (χ3v) is 6.47. The maximum absolute atomic E-state index is 13.3. The lowest BCUT2D eigenvalue weighted by Gasteiger charge is -2.31. The largest absolute Gasteiger partial charge is 0.462 e. The maximum atomic E-state index is 13.3. The van der Waals surface area contributed by atoms with E-state index < -0.39 is 11.9 Å². The van der Waals surface area contributed by atoms with E-state index >= 15 is 0 Å². The Morgan fingerprint density at radius 2 is 1.86 bits per heavy atom. The molecule has 9 heteroatoms. The molecule has 2 amide bonds. The van der Waals surface area contributed by atoms with Crippen LogP contribution in [0.15, 0.2) is 24.4 Å². The summed E-state index contributed by atoms with van der Waals surface area (Å²) in [6.07, 6.45) is 1.48. The zero-order valence-electron chi connectivity index (χ0n) is 21.9. The number of pyridine rings is 1. The molecule has 1 aromatic carbocycles. The number of likely N-dealkylation sites (tertiary alicyclic amines) is 1. The topological polar surface area (TPSA) is 106 Å². The van der Waals surface area contributed by atoms with Crippen LogP contribution < -0.4 is 5.32 Å². The molecule has 1 saturated heterocycles. The summed E-state index contributed by atoms with van der Waals surface area (Å²) in [5.74, 6) is -0.923. The van der Waals surface area contributed by atoms with Crippen LogP contribution in [0.25, 0.3) is 16.7 Å². The van der Waals surface area contributed by atoms with Crippen molar-refractivity contribution in [2.24, 2.45) is 5.92 Å². The fourth-order valence-electron chi connectivity index (χ4n) is 4.69. The number of carbonyl (C=O) groups excluding carboxylic acids is 3. The Hall–Kier alpha value is -3.75. The predicted molar refractivity (Wildman–Crippen MR) is 137 cm³/mol. The first kappa shape index (κ1) is 25.3. The fraction of sp³-hybridized carbons (Fsp3) is 0.444. The number of hydrogen-bond donors (Lipinski definition) is 1. The number of ether oxygens (including phenoxy) is 1. The van der Waals surface area contributed by atoms with E-state index in [9.17, 15) is 14.4 Å². The van der Waals surface area contributed by atoms with Crippen LogP contribution in [0, 0.1) is 26.7 Å². The monoisotopic (exact) mass is 491 g/mol. The summed E-state index contributed by atoms with van der Waals surface area (Å²) in [7, 11) is 0. The molecule has 9 nitrogen and oxygen atoms in total. The van der Waals surface area contributed by atoms with Gasteiger partial charge in [-0.1, -0.05) is 11.6 Å². The van der Waals surface area contributed by atoms with Crippen molar-refractivity contribution in [2.45, 2.75) is 60.4 Å². The summed E-state index contributed by atoms with van der Waals surface area (Å²) in [6.45, 7) is 14.1. The van der Waals surface area contributed by atoms with E-state index in [1.165, 1.54) is 10.9 Å². The van der Waals surface area contributed by atoms with Crippen molar-refractivity contribution < 1.29 is 19.1 Å². The molecule has 1 atom stereocenters. The molecule has 0 spiro atoms. The van der Waals surface area contributed by atoms with Gasteiger partial charge < -0.3 is 15.0 Å². The number of nitrogens with one attached hydrogen (secondary N) is 1. The number of nitrogens with zero attached hydrogens (tertiary/aromatic N) is 4. The second-order valence-corrected chi connectivity index (χ2v) is 10.4. The molecule has 1 aliphatic rings. The number of carbonyl (C=O) groups is 3. The molecule has 1 aliphatic heterocycles. The van der Waals surface area contributed by atoms with Crippen molar-refractivity contribution >= 4 is 34.5 Å². The lowest BCUT2D eigenvalue weighted by atomic mass is 10.0. The van der Waals surface area contributed by atoms with Gasteiger partial charge in [0.05, 0.1) is 24.2 Å². The van der Waals surface area contributed by atoms with E-state index in [1.807, 2.05) is 47.6 Å². The van der Waals surface area contributed by atoms with E-state index in [0.29, 0.717) is 12.4 Å². The van der Waals surface area contributed by atoms with Crippen molar-refractivity contribution in [3.63, 3.8) is 0 Å². The number of esters is 1. The highest BCUT2D eigenvalue weighted by Crippen LogP contribution is 2.30. The Kier molecular flexibility index (Phi) is 6.60. The van der Waals surface area contributed by atoms with Crippen LogP contribution in [0.2, 0.25) is 0 Å². The van der Waals surface area contributed by atoms with Crippen LogP contribution in [0.5, 0.6) is 0 Å². The van der Waals surface area contributed by atoms with E-state index in [1.54, 1.807) is 11.8 Å². The Bertz CT molecular complexity index is 1370. The van der Waals surface area contributed by atoms with Gasteiger partial charge in [0, 0.05) is 23.9 Å². The third kappa shape index (κ3) is 4.69. The van der Waals surface area contributed by atoms with Crippen LogP contribution in [-0.4, -0.2) is 56.1 Å². The number of aromatic nitrogens is 3. The quantitative estimate of drug-likeness (QED) is 0.539. The first-order valence-electron chi connectivity index (χ1n) is 12.2. The Balaban J connectivity index is 1.75. The minimum absolute atomic E-state index is 0.0700. The second kappa shape index (κ2) is 9.37. The molecule has 0 radical (unpaired) electrons. The molecular formula is C27H33N5O4. The van der Waals surface area contributed by atoms with Crippen molar-refractivity contribution in [2.75, 3.05) is 18.5 Å². The molecule has 1 unspecified atom stereocenters. The van der Waals surface area contributed by atoms with Gasteiger partial charge in [-0.2, -0.15) is 9.78 Å². The highest BCUT2D eigenvalue weighted by atomic mass is 16.5. The summed E-state index contributed by atoms with van der Waals surface area (Å²) < 4.78 is 6.66. The second-order valence-electron chi connectivity index (χ2n) is 10.4. The molecule has 0 aliphatic carbocycles. The molecule has 190 valence electrons. The molecule has 3 aromatic rings. The minimum atomic E-state index is -0.595. The van der Waals surface area contributed by atoms with E-state index in [0.717, 1.165) is 27.6 Å². The standard InChI is InChI=1S/C27H33N5O4/c1-8-36-26(35)20-13-28-32(21-11-16(3)19-10-15(2)9-17(4)23(19)29-21)24(20)30-25(34)18-12-22(33)31(14-18)27(5,6)7/h9-11,13,18H,8,12,14H2,1-7H3,(H,30,34). The molecule has 36 heavy (non-hydrogen) atoms. The van der Waals surface area contributed by atoms with Crippen LogP contribution in [0.4, 0.5) is 5.82 Å². The highest BCUT2D eigenvalue weighted by molar-refractivity contribution is 6.03. The highest BCUT2D eigenvalue weighted by Gasteiger charge is 2.40. The predicted octanol–water partition coefficient (Wildman–Crippen LogP) is 4.11. The van der Waals surface area contributed by atoms with Gasteiger partial charge in [-0.15, -0.1) is 0 Å². The van der Waals surface area contributed by atoms with Crippen molar-refractivity contribution in [1.29, 1.82) is 0 Å². The number of amides is 2. The Morgan fingerprint density at radius 3 is 2.50 bits per heavy atom. The maximum Gasteiger partial charge on any atom is 0.343 e. The minimum Gasteiger partial charge on any atom is -0.462 e. The van der Waals surface area contributed by atoms with E-state index in [2.05, 4.69) is 22.5 Å². The third-order valence-electron chi connectivity index (χ3n) is 6.47. The van der Waals surface area contributed by atoms with Crippen LogP contribution in [-0.2, 0) is 14.3 Å². The van der Waals surface area contributed by atoms with Gasteiger partial charge in [0.15, 0.2) is 11.6 Å². The average molecular weight is 492 g/mol. The molecular weight excluding hydrogens is 458 g/mol. The summed E-state index contributed by atoms with van der Waals surface area (Å²) >= 11 is 0. The van der Waals surface area contributed by atoms with Crippen LogP contribution in [0.1, 0.15) is 61.2 Å². The van der Waals surface area contributed by atoms with E-state index in [4.69, 9.17) is 9.72 Å². The summed E-state index contributed by atoms with van der Waals surface area (Å²) in [5.41, 5.74) is 3.72. The molecule has 1 N–H and O–H groups in total. The van der Waals surface area contributed by atoms with Gasteiger partial charge in [0.2, 0.25) is 11.8 Å². The SMILES string of the molecule is CCOC(=O)c1cnn(-c2cc(C)c3cc(C)cc(C)c3n2)c1NC(=O)C1CC(=O)N(C(C)(C)C)C1. The number of hydrogen-bond acceptors (Lipinski definition) is 6. The summed E-state index contributed by atoms with van der Waals surface area (Å²) in [5, 5.41) is 8.29. The first-order chi connectivity index (χ1) is 16.9. The normalized spacial score (nSPS) is 16.0. The summed E-state index contributed by atoms with van der Waals surface area (Å²) in [4.78, 5) is 45.1. The van der Waals surface area contributed by atoms with Crippen LogP contribution in [0.3, 0.4) is 0 Å². The molecule has 2 aromatic heterocycles. The molecule has 4 rings (SSSR count). The van der Waals surface area contributed by atoms with Gasteiger partial charge in [-0.3, -0.25) is 9.59 Å². The Morgan fingerprint density at radius 1 is 1.14 bits per heavy atom. The average Bonchev–Trinajstić information content (AvgIpc) is 3.38. The molecule has 1 fully saturated rings. The smallest absolute Gasteiger partial charge is 0.343 e. The van der Waals surface area contributed by atoms with Crippen LogP contribution >= 0.6 is 0 Å². The van der Waals surface area contributed by atoms with Gasteiger partial charge in [0.1, 0.15) is 5.56 Å². The lowest BCUT2D eigenvalue weighted by Crippen LogP contribution is -2.42. The number of anilines is 1. The Labute approximate surface area is 210 Å². The van der Waals surface area contributed by atoms with E-state index in [-0.39, 0.29) is 41.8 Å². The zero-order valence-corrected chi connectivity index (χ0v) is 21.9. The fourth-order valence-corrected chi connectivity index (χ4v) is 4.69. The zero-order chi connectivity index (χ0) is 26.4. The van der Waals surface area contributed by atoms with Gasteiger partial charge in [0.25, 0.3) is 0 Å². The number of benzene rings is 1. The molecule has 0 saturated carbocycles. The van der Waals surface area contributed by atoms with Crippen molar-refractivity contribution in [1.82, 2.24) is 19.7 Å².